The molecule has 0 saturated carbocycles. The van der Waals surface area contributed by atoms with Crippen LogP contribution in [0.2, 0.25) is 0 Å². The van der Waals surface area contributed by atoms with Gasteiger partial charge in [-0.2, -0.15) is 0 Å². The third-order valence-electron chi connectivity index (χ3n) is 4.43. The molecule has 25 heavy (non-hydrogen) atoms. The maximum absolute atomic E-state index is 13.0. The molecule has 0 aliphatic carbocycles. The molecule has 1 saturated heterocycles. The molecule has 1 aromatic carbocycles. The van der Waals surface area contributed by atoms with E-state index in [2.05, 4.69) is 14.5 Å². The molecule has 2 aromatic rings. The highest BCUT2D eigenvalue weighted by molar-refractivity contribution is 5.86. The first-order valence-corrected chi connectivity index (χ1v) is 8.50. The van der Waals surface area contributed by atoms with Crippen LogP contribution in [0.3, 0.4) is 0 Å². The first-order chi connectivity index (χ1) is 12.1. The van der Waals surface area contributed by atoms with Crippen molar-refractivity contribution in [3.63, 3.8) is 0 Å². The minimum atomic E-state index is -0.451. The Morgan fingerprint density at radius 3 is 2.40 bits per heavy atom. The number of esters is 1. The standard InChI is InChI=1S/C19H23FN2O3/c1-24-19(23)18-8-7-17(25-18)14-22-10-2-9-21(11-12-22)13-15-3-5-16(20)6-4-15/h3-8H,2,9-14H2,1H3. The van der Waals surface area contributed by atoms with Gasteiger partial charge in [0.05, 0.1) is 13.7 Å². The topological polar surface area (TPSA) is 45.9 Å². The number of furan rings is 1. The summed E-state index contributed by atoms with van der Waals surface area (Å²) in [5, 5.41) is 0. The van der Waals surface area contributed by atoms with Crippen LogP contribution in [0.15, 0.2) is 40.8 Å². The minimum absolute atomic E-state index is 0.199. The third-order valence-corrected chi connectivity index (χ3v) is 4.43. The van der Waals surface area contributed by atoms with E-state index in [4.69, 9.17) is 4.42 Å². The Kier molecular flexibility index (Phi) is 5.83. The van der Waals surface area contributed by atoms with E-state index in [1.807, 2.05) is 18.2 Å². The molecule has 0 spiro atoms. The van der Waals surface area contributed by atoms with Gasteiger partial charge in [-0.3, -0.25) is 9.80 Å². The Morgan fingerprint density at radius 2 is 1.72 bits per heavy atom. The van der Waals surface area contributed by atoms with Crippen molar-refractivity contribution in [2.24, 2.45) is 0 Å². The van der Waals surface area contributed by atoms with Crippen molar-refractivity contribution in [3.05, 3.63) is 59.3 Å². The van der Waals surface area contributed by atoms with Crippen LogP contribution in [-0.4, -0.2) is 49.1 Å². The molecule has 0 N–H and O–H groups in total. The number of methoxy groups -OCH3 is 1. The van der Waals surface area contributed by atoms with Crippen LogP contribution in [0.1, 0.15) is 28.3 Å². The summed E-state index contributed by atoms with van der Waals surface area (Å²) in [5.74, 6) is 0.362. The molecule has 0 radical (unpaired) electrons. The van der Waals surface area contributed by atoms with Gasteiger partial charge in [0.15, 0.2) is 0 Å². The summed E-state index contributed by atoms with van der Waals surface area (Å²) in [6.07, 6.45) is 1.06. The Bertz CT molecular complexity index is 699. The van der Waals surface area contributed by atoms with Crippen molar-refractivity contribution in [1.82, 2.24) is 9.80 Å². The van der Waals surface area contributed by atoms with Crippen LogP contribution in [0, 0.1) is 5.82 Å². The van der Waals surface area contributed by atoms with E-state index in [0.29, 0.717) is 6.54 Å². The summed E-state index contributed by atoms with van der Waals surface area (Å²) in [6, 6.07) is 10.2. The molecule has 1 fully saturated rings. The lowest BCUT2D eigenvalue weighted by Gasteiger charge is -2.21. The Morgan fingerprint density at radius 1 is 1.04 bits per heavy atom. The van der Waals surface area contributed by atoms with Crippen LogP contribution < -0.4 is 0 Å². The van der Waals surface area contributed by atoms with E-state index in [1.165, 1.54) is 19.2 Å². The lowest BCUT2D eigenvalue weighted by Crippen LogP contribution is -2.30. The molecule has 0 amide bonds. The molecule has 1 aromatic heterocycles. The molecule has 3 rings (SSSR count). The molecule has 134 valence electrons. The van der Waals surface area contributed by atoms with E-state index in [-0.39, 0.29) is 11.6 Å². The van der Waals surface area contributed by atoms with Gasteiger partial charge >= 0.3 is 5.97 Å². The smallest absolute Gasteiger partial charge is 0.373 e. The maximum Gasteiger partial charge on any atom is 0.373 e. The predicted octanol–water partition coefficient (Wildman–Crippen LogP) is 2.91. The van der Waals surface area contributed by atoms with Crippen LogP contribution in [0.4, 0.5) is 4.39 Å². The van der Waals surface area contributed by atoms with Gasteiger partial charge in [0.2, 0.25) is 5.76 Å². The van der Waals surface area contributed by atoms with Crippen LogP contribution >= 0.6 is 0 Å². The van der Waals surface area contributed by atoms with Crippen LogP contribution in [0.25, 0.3) is 0 Å². The first kappa shape index (κ1) is 17.6. The molecule has 0 atom stereocenters. The highest BCUT2D eigenvalue weighted by Gasteiger charge is 2.17. The molecular formula is C19H23FN2O3. The third kappa shape index (κ3) is 4.90. The monoisotopic (exact) mass is 346 g/mol. The predicted molar refractivity (Wildman–Crippen MR) is 91.6 cm³/mol. The number of carbonyl (C=O) groups is 1. The average Bonchev–Trinajstić information content (AvgIpc) is 2.97. The zero-order chi connectivity index (χ0) is 17.6. The molecular weight excluding hydrogens is 323 g/mol. The SMILES string of the molecule is COC(=O)c1ccc(CN2CCCN(Cc3ccc(F)cc3)CC2)o1. The van der Waals surface area contributed by atoms with Crippen molar-refractivity contribution in [1.29, 1.82) is 0 Å². The second-order valence-electron chi connectivity index (χ2n) is 6.29. The second-order valence-corrected chi connectivity index (χ2v) is 6.29. The summed E-state index contributed by atoms with van der Waals surface area (Å²) < 4.78 is 23.2. The molecule has 1 aliphatic heterocycles. The summed E-state index contributed by atoms with van der Waals surface area (Å²) >= 11 is 0. The van der Waals surface area contributed by atoms with Gasteiger partial charge in [-0.1, -0.05) is 12.1 Å². The molecule has 0 unspecified atom stereocenters. The average molecular weight is 346 g/mol. The highest BCUT2D eigenvalue weighted by Crippen LogP contribution is 2.15. The van der Waals surface area contributed by atoms with Crippen molar-refractivity contribution in [2.75, 3.05) is 33.3 Å². The Labute approximate surface area is 147 Å². The largest absolute Gasteiger partial charge is 0.463 e. The fourth-order valence-corrected chi connectivity index (χ4v) is 3.08. The number of carbonyl (C=O) groups excluding carboxylic acids is 1. The van der Waals surface area contributed by atoms with Gasteiger partial charge < -0.3 is 9.15 Å². The van der Waals surface area contributed by atoms with E-state index in [9.17, 15) is 9.18 Å². The first-order valence-electron chi connectivity index (χ1n) is 8.50. The van der Waals surface area contributed by atoms with Crippen molar-refractivity contribution in [2.45, 2.75) is 19.5 Å². The van der Waals surface area contributed by atoms with Gasteiger partial charge in [0, 0.05) is 19.6 Å². The van der Waals surface area contributed by atoms with Gasteiger partial charge in [-0.15, -0.1) is 0 Å². The normalized spacial score (nSPS) is 16.6. The minimum Gasteiger partial charge on any atom is -0.463 e. The molecule has 6 heteroatoms. The Hall–Kier alpha value is -2.18. The number of nitrogens with zero attached hydrogens (tertiary/aromatic N) is 2. The number of hydrogen-bond acceptors (Lipinski definition) is 5. The van der Waals surface area contributed by atoms with Gasteiger partial charge in [0.1, 0.15) is 11.6 Å². The molecule has 1 aliphatic rings. The van der Waals surface area contributed by atoms with E-state index >= 15 is 0 Å². The van der Waals surface area contributed by atoms with Gasteiger partial charge in [0.25, 0.3) is 0 Å². The zero-order valence-electron chi connectivity index (χ0n) is 14.4. The van der Waals surface area contributed by atoms with Crippen molar-refractivity contribution < 1.29 is 18.3 Å². The molecule has 0 bridgehead atoms. The van der Waals surface area contributed by atoms with Crippen LogP contribution in [0.5, 0.6) is 0 Å². The highest BCUT2D eigenvalue weighted by atomic mass is 19.1. The van der Waals surface area contributed by atoms with Crippen molar-refractivity contribution >= 4 is 5.97 Å². The fourth-order valence-electron chi connectivity index (χ4n) is 3.08. The van der Waals surface area contributed by atoms with Gasteiger partial charge in [-0.25, -0.2) is 9.18 Å². The maximum atomic E-state index is 13.0. The summed E-state index contributed by atoms with van der Waals surface area (Å²) in [5.41, 5.74) is 1.13. The Balaban J connectivity index is 1.52. The van der Waals surface area contributed by atoms with Crippen molar-refractivity contribution in [3.8, 4) is 0 Å². The summed E-state index contributed by atoms with van der Waals surface area (Å²) in [6.45, 7) is 5.38. The molecule has 5 nitrogen and oxygen atoms in total. The lowest BCUT2D eigenvalue weighted by molar-refractivity contribution is 0.0561. The van der Waals surface area contributed by atoms with E-state index < -0.39 is 5.97 Å². The van der Waals surface area contributed by atoms with Gasteiger partial charge in [-0.05, 0) is 49.3 Å². The quantitative estimate of drug-likeness (QED) is 0.779. The summed E-state index contributed by atoms with van der Waals surface area (Å²) in [4.78, 5) is 16.2. The second kappa shape index (κ2) is 8.27. The number of ether oxygens (including phenoxy) is 1. The zero-order valence-corrected chi connectivity index (χ0v) is 14.4. The number of rotatable bonds is 5. The number of benzene rings is 1. The van der Waals surface area contributed by atoms with E-state index in [1.54, 1.807) is 6.07 Å². The number of hydrogen-bond donors (Lipinski definition) is 0. The fraction of sp³-hybridized carbons (Fsp3) is 0.421. The summed E-state index contributed by atoms with van der Waals surface area (Å²) in [7, 11) is 1.34. The van der Waals surface area contributed by atoms with E-state index in [0.717, 1.165) is 50.5 Å². The lowest BCUT2D eigenvalue weighted by atomic mass is 10.2. The molecule has 2 heterocycles. The van der Waals surface area contributed by atoms with Crippen LogP contribution in [-0.2, 0) is 17.8 Å². The number of halogens is 1.